The van der Waals surface area contributed by atoms with Crippen LogP contribution in [-0.2, 0) is 7.05 Å². The Morgan fingerprint density at radius 2 is 1.39 bits per heavy atom. The second-order valence-electron chi connectivity index (χ2n) is 5.56. The summed E-state index contributed by atoms with van der Waals surface area (Å²) >= 11 is 0. The highest BCUT2D eigenvalue weighted by molar-refractivity contribution is 5.92. The topological polar surface area (TPSA) is 38.0 Å². The summed E-state index contributed by atoms with van der Waals surface area (Å²) in [6.45, 7) is 0. The summed E-state index contributed by atoms with van der Waals surface area (Å²) in [6, 6.07) is 23.8. The van der Waals surface area contributed by atoms with Gasteiger partial charge in [0.2, 0.25) is 0 Å². The van der Waals surface area contributed by atoms with Gasteiger partial charge in [-0.25, -0.2) is 4.98 Å². The number of hydrogen-bond donors (Lipinski definition) is 1. The normalized spacial score (nSPS) is 11.0. The standard InChI is InChI=1S/C20H16N2O/c1-22-17-13-12-16(14-8-4-2-5-9-14)19(23)18(17)21-20(22)15-10-6-3-7-11-15/h2-13,23H,1H3. The Bertz CT molecular complexity index is 973. The van der Waals surface area contributed by atoms with Crippen LogP contribution in [0.25, 0.3) is 33.5 Å². The fourth-order valence-electron chi connectivity index (χ4n) is 2.94. The van der Waals surface area contributed by atoms with Crippen molar-refractivity contribution >= 4 is 11.0 Å². The highest BCUT2D eigenvalue weighted by Gasteiger charge is 2.15. The van der Waals surface area contributed by atoms with Crippen molar-refractivity contribution in [2.24, 2.45) is 7.05 Å². The molecule has 1 heterocycles. The van der Waals surface area contributed by atoms with Gasteiger partial charge in [-0.05, 0) is 17.7 Å². The van der Waals surface area contributed by atoms with E-state index in [0.717, 1.165) is 28.0 Å². The van der Waals surface area contributed by atoms with Crippen LogP contribution in [0.2, 0.25) is 0 Å². The van der Waals surface area contributed by atoms with E-state index in [1.165, 1.54) is 0 Å². The second-order valence-corrected chi connectivity index (χ2v) is 5.56. The van der Waals surface area contributed by atoms with Crippen molar-refractivity contribution in [1.82, 2.24) is 9.55 Å². The number of phenolic OH excluding ortho intramolecular Hbond substituents is 1. The number of benzene rings is 3. The summed E-state index contributed by atoms with van der Waals surface area (Å²) in [7, 11) is 1.97. The number of aromatic nitrogens is 2. The van der Waals surface area contributed by atoms with Crippen molar-refractivity contribution in [2.45, 2.75) is 0 Å². The Morgan fingerprint density at radius 1 is 0.783 bits per heavy atom. The lowest BCUT2D eigenvalue weighted by Gasteiger charge is -2.05. The van der Waals surface area contributed by atoms with Crippen molar-refractivity contribution in [3.63, 3.8) is 0 Å². The maximum absolute atomic E-state index is 10.7. The van der Waals surface area contributed by atoms with E-state index in [9.17, 15) is 5.11 Å². The molecule has 0 aliphatic carbocycles. The third kappa shape index (κ3) is 2.18. The van der Waals surface area contributed by atoms with Gasteiger partial charge < -0.3 is 9.67 Å². The number of hydrogen-bond acceptors (Lipinski definition) is 2. The van der Waals surface area contributed by atoms with Crippen LogP contribution in [0.1, 0.15) is 0 Å². The molecule has 4 rings (SSSR count). The van der Waals surface area contributed by atoms with Crippen LogP contribution >= 0.6 is 0 Å². The van der Waals surface area contributed by atoms with E-state index in [-0.39, 0.29) is 5.75 Å². The van der Waals surface area contributed by atoms with Crippen molar-refractivity contribution < 1.29 is 5.11 Å². The Kier molecular flexibility index (Phi) is 3.12. The molecule has 23 heavy (non-hydrogen) atoms. The molecule has 0 spiro atoms. The first kappa shape index (κ1) is 13.6. The summed E-state index contributed by atoms with van der Waals surface area (Å²) in [5.41, 5.74) is 4.37. The zero-order chi connectivity index (χ0) is 15.8. The van der Waals surface area contributed by atoms with Crippen LogP contribution in [0.3, 0.4) is 0 Å². The van der Waals surface area contributed by atoms with Crippen LogP contribution in [0.4, 0.5) is 0 Å². The van der Waals surface area contributed by atoms with E-state index in [2.05, 4.69) is 4.98 Å². The third-order valence-electron chi connectivity index (χ3n) is 4.14. The fraction of sp³-hybridized carbons (Fsp3) is 0.0500. The first-order chi connectivity index (χ1) is 11.3. The van der Waals surface area contributed by atoms with Gasteiger partial charge in [0.05, 0.1) is 5.52 Å². The van der Waals surface area contributed by atoms with Crippen LogP contribution in [0.5, 0.6) is 5.75 Å². The van der Waals surface area contributed by atoms with Gasteiger partial charge in [-0.1, -0.05) is 60.7 Å². The maximum Gasteiger partial charge on any atom is 0.151 e. The first-order valence-electron chi connectivity index (χ1n) is 7.55. The monoisotopic (exact) mass is 300 g/mol. The molecule has 0 saturated heterocycles. The summed E-state index contributed by atoms with van der Waals surface area (Å²) < 4.78 is 2.01. The Morgan fingerprint density at radius 3 is 2.04 bits per heavy atom. The molecule has 3 aromatic carbocycles. The molecule has 0 aliphatic heterocycles. The number of aromatic hydroxyl groups is 1. The molecule has 0 bridgehead atoms. The van der Waals surface area contributed by atoms with Gasteiger partial charge >= 0.3 is 0 Å². The molecule has 3 nitrogen and oxygen atoms in total. The maximum atomic E-state index is 10.7. The van der Waals surface area contributed by atoms with Crippen LogP contribution in [-0.4, -0.2) is 14.7 Å². The number of rotatable bonds is 2. The molecule has 0 unspecified atom stereocenters. The lowest BCUT2D eigenvalue weighted by molar-refractivity contribution is 0.482. The minimum Gasteiger partial charge on any atom is -0.505 e. The Hall–Kier alpha value is -3.07. The molecule has 3 heteroatoms. The largest absolute Gasteiger partial charge is 0.505 e. The van der Waals surface area contributed by atoms with Gasteiger partial charge in [0, 0.05) is 18.2 Å². The average Bonchev–Trinajstić information content (AvgIpc) is 2.95. The minimum atomic E-state index is 0.228. The molecule has 0 amide bonds. The minimum absolute atomic E-state index is 0.228. The number of nitrogens with zero attached hydrogens (tertiary/aromatic N) is 2. The van der Waals surface area contributed by atoms with Gasteiger partial charge in [0.25, 0.3) is 0 Å². The number of fused-ring (bicyclic) bond motifs is 1. The van der Waals surface area contributed by atoms with Crippen molar-refractivity contribution in [3.05, 3.63) is 72.8 Å². The SMILES string of the molecule is Cn1c(-c2ccccc2)nc2c(O)c(-c3ccccc3)ccc21. The van der Waals surface area contributed by atoms with Crippen LogP contribution < -0.4 is 0 Å². The van der Waals surface area contributed by atoms with E-state index in [1.54, 1.807) is 0 Å². The zero-order valence-corrected chi connectivity index (χ0v) is 12.8. The third-order valence-corrected chi connectivity index (χ3v) is 4.14. The van der Waals surface area contributed by atoms with E-state index in [0.29, 0.717) is 5.52 Å². The predicted molar refractivity (Wildman–Crippen MR) is 93.3 cm³/mol. The van der Waals surface area contributed by atoms with Crippen molar-refractivity contribution in [3.8, 4) is 28.3 Å². The zero-order valence-electron chi connectivity index (χ0n) is 12.8. The molecule has 0 aliphatic rings. The van der Waals surface area contributed by atoms with E-state index < -0.39 is 0 Å². The Balaban J connectivity index is 1.95. The number of imidazole rings is 1. The van der Waals surface area contributed by atoms with E-state index in [4.69, 9.17) is 0 Å². The second kappa shape index (κ2) is 5.29. The van der Waals surface area contributed by atoms with Gasteiger partial charge in [0.1, 0.15) is 11.3 Å². The van der Waals surface area contributed by atoms with Crippen LogP contribution in [0.15, 0.2) is 72.8 Å². The first-order valence-corrected chi connectivity index (χ1v) is 7.55. The average molecular weight is 300 g/mol. The molecule has 0 atom stereocenters. The van der Waals surface area contributed by atoms with Crippen molar-refractivity contribution in [1.29, 1.82) is 0 Å². The van der Waals surface area contributed by atoms with Gasteiger partial charge in [-0.3, -0.25) is 0 Å². The molecule has 112 valence electrons. The summed E-state index contributed by atoms with van der Waals surface area (Å²) in [4.78, 5) is 4.68. The molecular formula is C20H16N2O. The quantitative estimate of drug-likeness (QED) is 0.587. The van der Waals surface area contributed by atoms with Gasteiger partial charge in [-0.15, -0.1) is 0 Å². The molecule has 0 fully saturated rings. The number of phenols is 1. The smallest absolute Gasteiger partial charge is 0.151 e. The van der Waals surface area contributed by atoms with Crippen LogP contribution in [0, 0.1) is 0 Å². The van der Waals surface area contributed by atoms with E-state index in [1.807, 2.05) is 84.4 Å². The lowest BCUT2D eigenvalue weighted by Crippen LogP contribution is -1.91. The summed E-state index contributed by atoms with van der Waals surface area (Å²) in [6.07, 6.45) is 0. The fourth-order valence-corrected chi connectivity index (χ4v) is 2.94. The molecular weight excluding hydrogens is 284 g/mol. The number of aryl methyl sites for hydroxylation is 1. The molecule has 0 radical (unpaired) electrons. The summed E-state index contributed by atoms with van der Waals surface area (Å²) in [5, 5.41) is 10.7. The molecule has 4 aromatic rings. The van der Waals surface area contributed by atoms with Gasteiger partial charge in [-0.2, -0.15) is 0 Å². The predicted octanol–water partition coefficient (Wildman–Crippen LogP) is 4.61. The highest BCUT2D eigenvalue weighted by Crippen LogP contribution is 2.36. The molecule has 0 saturated carbocycles. The molecule has 1 N–H and O–H groups in total. The highest BCUT2D eigenvalue weighted by atomic mass is 16.3. The lowest BCUT2D eigenvalue weighted by atomic mass is 10.0. The Labute approximate surface area is 134 Å². The van der Waals surface area contributed by atoms with Crippen molar-refractivity contribution in [2.75, 3.05) is 0 Å². The summed E-state index contributed by atoms with van der Waals surface area (Å²) in [5.74, 6) is 1.08. The van der Waals surface area contributed by atoms with Gasteiger partial charge in [0.15, 0.2) is 5.75 Å². The van der Waals surface area contributed by atoms with E-state index >= 15 is 0 Å². The molecule has 1 aromatic heterocycles.